The van der Waals surface area contributed by atoms with Crippen LogP contribution in [-0.4, -0.2) is 63.5 Å². The van der Waals surface area contributed by atoms with Crippen LogP contribution >= 0.6 is 0 Å². The van der Waals surface area contributed by atoms with E-state index < -0.39 is 18.0 Å². The van der Waals surface area contributed by atoms with Crippen LogP contribution in [0.4, 0.5) is 0 Å². The number of aliphatic hydroxyl groups excluding tert-OH is 1. The van der Waals surface area contributed by atoms with E-state index in [1.54, 1.807) is 13.1 Å². The lowest BCUT2D eigenvalue weighted by molar-refractivity contribution is -0.161. The van der Waals surface area contributed by atoms with Gasteiger partial charge in [0.15, 0.2) is 0 Å². The Labute approximate surface area is 133 Å². The Morgan fingerprint density at radius 3 is 2.91 bits per heavy atom. The summed E-state index contributed by atoms with van der Waals surface area (Å²) in [6.45, 7) is 2.85. The van der Waals surface area contributed by atoms with E-state index >= 15 is 0 Å². The van der Waals surface area contributed by atoms with Gasteiger partial charge in [-0.15, -0.1) is 0 Å². The van der Waals surface area contributed by atoms with Crippen molar-refractivity contribution < 1.29 is 19.8 Å². The van der Waals surface area contributed by atoms with Gasteiger partial charge in [0.2, 0.25) is 12.1 Å². The van der Waals surface area contributed by atoms with E-state index in [4.69, 9.17) is 5.26 Å². The molecule has 0 aromatic carbocycles. The van der Waals surface area contributed by atoms with E-state index in [0.29, 0.717) is 19.5 Å². The van der Waals surface area contributed by atoms with Crippen molar-refractivity contribution in [3.05, 3.63) is 11.3 Å². The molecular weight excluding hydrogens is 300 g/mol. The molecule has 23 heavy (non-hydrogen) atoms. The minimum absolute atomic E-state index is 0.0271. The molecular formula is C15H18N4O4. The smallest absolute Gasteiger partial charge is 0.352 e. The Balaban J connectivity index is 1.82. The van der Waals surface area contributed by atoms with Gasteiger partial charge in [0.05, 0.1) is 18.1 Å². The summed E-state index contributed by atoms with van der Waals surface area (Å²) in [6, 6.07) is -0.245. The van der Waals surface area contributed by atoms with Crippen molar-refractivity contribution in [1.29, 1.82) is 5.26 Å². The van der Waals surface area contributed by atoms with E-state index in [1.165, 1.54) is 11.2 Å². The van der Waals surface area contributed by atoms with Gasteiger partial charge >= 0.3 is 5.97 Å². The number of carbonyl (C=O) groups excluding carboxylic acids is 1. The van der Waals surface area contributed by atoms with Gasteiger partial charge in [-0.1, -0.05) is 0 Å². The molecule has 0 unspecified atom stereocenters. The summed E-state index contributed by atoms with van der Waals surface area (Å²) in [5, 5.41) is 27.7. The summed E-state index contributed by atoms with van der Waals surface area (Å²) < 4.78 is 0. The normalized spacial score (nSPS) is 31.3. The van der Waals surface area contributed by atoms with Crippen LogP contribution in [0.2, 0.25) is 0 Å². The monoisotopic (exact) mass is 318 g/mol. The number of aliphatic imine (C=N–C) groups is 1. The Bertz CT molecular complexity index is 648. The van der Waals surface area contributed by atoms with Crippen molar-refractivity contribution in [1.82, 2.24) is 9.80 Å². The van der Waals surface area contributed by atoms with E-state index in [-0.39, 0.29) is 23.6 Å². The Hall–Kier alpha value is -2.40. The number of aliphatic hydroxyl groups is 1. The van der Waals surface area contributed by atoms with Gasteiger partial charge in [0.25, 0.3) is 0 Å². The highest BCUT2D eigenvalue weighted by Gasteiger charge is 2.57. The third kappa shape index (κ3) is 2.37. The predicted octanol–water partition coefficient (Wildman–Crippen LogP) is -0.232. The number of nitriles is 1. The molecule has 3 aliphatic heterocycles. The fourth-order valence-corrected chi connectivity index (χ4v) is 3.95. The first-order valence-corrected chi connectivity index (χ1v) is 7.59. The van der Waals surface area contributed by atoms with Crippen LogP contribution in [0.5, 0.6) is 0 Å². The number of aliphatic carboxylic acids is 1. The molecule has 1 amide bonds. The number of β-lactam (4-membered cyclic amide) rings is 1. The number of hydrogen-bond donors (Lipinski definition) is 2. The Morgan fingerprint density at radius 2 is 2.30 bits per heavy atom. The number of carboxylic acids is 1. The van der Waals surface area contributed by atoms with E-state index in [1.807, 2.05) is 4.90 Å². The quantitative estimate of drug-likeness (QED) is 0.320. The van der Waals surface area contributed by atoms with Crippen LogP contribution in [0.25, 0.3) is 0 Å². The SMILES string of the molecule is C[C@@H](O)[C@H]1C(=O)N2C(C(=O)O)=C([C@@H]3CCN(/C=N/C#N)C3)C[C@H]12. The maximum atomic E-state index is 12.2. The molecule has 122 valence electrons. The molecule has 0 bridgehead atoms. The van der Waals surface area contributed by atoms with Gasteiger partial charge in [-0.3, -0.25) is 4.79 Å². The molecule has 3 heterocycles. The minimum atomic E-state index is -1.09. The molecule has 8 heteroatoms. The van der Waals surface area contributed by atoms with E-state index in [2.05, 4.69) is 4.99 Å². The lowest BCUT2D eigenvalue weighted by atomic mass is 9.82. The summed E-state index contributed by atoms with van der Waals surface area (Å²) in [5.74, 6) is -1.89. The molecule has 2 saturated heterocycles. The molecule has 0 aromatic heterocycles. The number of amides is 1. The van der Waals surface area contributed by atoms with Crippen LogP contribution in [0.1, 0.15) is 19.8 Å². The van der Waals surface area contributed by atoms with Crippen molar-refractivity contribution in [2.24, 2.45) is 16.8 Å². The standard InChI is InChI=1S/C15H18N4O4/c1-8(20)12-11-4-10(13(15(22)23)19(11)14(12)21)9-2-3-18(5-9)7-17-6-16/h7-9,11-12,20H,2-5H2,1H3,(H,22,23)/b17-7+/t8-,9-,11-,12-/m1/s1. The zero-order valence-electron chi connectivity index (χ0n) is 12.7. The highest BCUT2D eigenvalue weighted by atomic mass is 16.4. The molecule has 4 atom stereocenters. The highest BCUT2D eigenvalue weighted by Crippen LogP contribution is 2.47. The Kier molecular flexibility index (Phi) is 3.82. The lowest BCUT2D eigenvalue weighted by Gasteiger charge is -2.44. The van der Waals surface area contributed by atoms with E-state index in [9.17, 15) is 19.8 Å². The summed E-state index contributed by atoms with van der Waals surface area (Å²) in [5.41, 5.74) is 0.854. The largest absolute Gasteiger partial charge is 0.477 e. The van der Waals surface area contributed by atoms with Crippen LogP contribution in [0.3, 0.4) is 0 Å². The maximum Gasteiger partial charge on any atom is 0.352 e. The van der Waals surface area contributed by atoms with Crippen LogP contribution in [0, 0.1) is 23.3 Å². The van der Waals surface area contributed by atoms with Crippen molar-refractivity contribution in [2.75, 3.05) is 13.1 Å². The molecule has 0 aliphatic carbocycles. The van der Waals surface area contributed by atoms with Crippen LogP contribution in [-0.2, 0) is 9.59 Å². The number of carboxylic acid groups (broad SMARTS) is 1. The van der Waals surface area contributed by atoms with Gasteiger partial charge < -0.3 is 20.0 Å². The number of hydrogen-bond acceptors (Lipinski definition) is 5. The molecule has 3 aliphatic rings. The summed E-state index contributed by atoms with van der Waals surface area (Å²) in [4.78, 5) is 30.6. The zero-order valence-corrected chi connectivity index (χ0v) is 12.7. The zero-order chi connectivity index (χ0) is 16.7. The molecule has 0 radical (unpaired) electrons. The van der Waals surface area contributed by atoms with Gasteiger partial charge in [0, 0.05) is 19.0 Å². The molecule has 2 N–H and O–H groups in total. The van der Waals surface area contributed by atoms with Crippen molar-refractivity contribution in [3.8, 4) is 6.19 Å². The van der Waals surface area contributed by atoms with Gasteiger partial charge in [-0.25, -0.2) is 4.79 Å². The van der Waals surface area contributed by atoms with Crippen molar-refractivity contribution >= 4 is 18.2 Å². The van der Waals surface area contributed by atoms with Crippen molar-refractivity contribution in [3.63, 3.8) is 0 Å². The third-order valence-electron chi connectivity index (χ3n) is 4.96. The summed E-state index contributed by atoms with van der Waals surface area (Å²) >= 11 is 0. The molecule has 2 fully saturated rings. The number of fused-ring (bicyclic) bond motifs is 1. The first-order chi connectivity index (χ1) is 11.0. The molecule has 0 saturated carbocycles. The molecule has 3 rings (SSSR count). The van der Waals surface area contributed by atoms with Gasteiger partial charge in [-0.05, 0) is 25.3 Å². The molecule has 0 aromatic rings. The number of carbonyl (C=O) groups is 2. The Morgan fingerprint density at radius 1 is 1.57 bits per heavy atom. The minimum Gasteiger partial charge on any atom is -0.477 e. The third-order valence-corrected chi connectivity index (χ3v) is 4.96. The first-order valence-electron chi connectivity index (χ1n) is 7.59. The predicted molar refractivity (Wildman–Crippen MR) is 78.9 cm³/mol. The van der Waals surface area contributed by atoms with E-state index in [0.717, 1.165) is 12.0 Å². The second-order valence-electron chi connectivity index (χ2n) is 6.25. The van der Waals surface area contributed by atoms with Crippen LogP contribution in [0.15, 0.2) is 16.3 Å². The molecule has 8 nitrogen and oxygen atoms in total. The fourth-order valence-electron chi connectivity index (χ4n) is 3.95. The second kappa shape index (κ2) is 5.66. The lowest BCUT2D eigenvalue weighted by Crippen LogP contribution is -2.61. The van der Waals surface area contributed by atoms with Crippen LogP contribution < -0.4 is 0 Å². The average Bonchev–Trinajstić information content (AvgIpc) is 3.06. The maximum absolute atomic E-state index is 12.2. The summed E-state index contributed by atoms with van der Waals surface area (Å²) in [7, 11) is 0. The summed E-state index contributed by atoms with van der Waals surface area (Å²) in [6.07, 6.45) is 3.64. The number of nitrogens with zero attached hydrogens (tertiary/aromatic N) is 4. The van der Waals surface area contributed by atoms with Crippen molar-refractivity contribution in [2.45, 2.75) is 31.9 Å². The average molecular weight is 318 g/mol. The number of likely N-dealkylation sites (tertiary alicyclic amines) is 1. The number of rotatable bonds is 4. The fraction of sp³-hybridized carbons (Fsp3) is 0.600. The van der Waals surface area contributed by atoms with Gasteiger partial charge in [-0.2, -0.15) is 10.3 Å². The van der Waals surface area contributed by atoms with Gasteiger partial charge in [0.1, 0.15) is 12.0 Å². The second-order valence-corrected chi connectivity index (χ2v) is 6.25. The highest BCUT2D eigenvalue weighted by molar-refractivity contribution is 5.99. The first kappa shape index (κ1) is 15.5. The molecule has 0 spiro atoms. The topological polar surface area (TPSA) is 117 Å².